The fraction of sp³-hybridized carbons (Fsp3) is 0.200. The van der Waals surface area contributed by atoms with Gasteiger partial charge in [-0.25, -0.2) is 4.99 Å². The Labute approximate surface area is 107 Å². The van der Waals surface area contributed by atoms with Crippen molar-refractivity contribution in [2.24, 2.45) is 4.99 Å². The van der Waals surface area contributed by atoms with E-state index >= 15 is 0 Å². The highest BCUT2D eigenvalue weighted by Gasteiger charge is 2.00. The third-order valence-electron chi connectivity index (χ3n) is 1.52. The highest BCUT2D eigenvalue weighted by atomic mass is 127. The second-order valence-electron chi connectivity index (χ2n) is 2.78. The molecule has 0 bridgehead atoms. The molecule has 0 aliphatic rings. The summed E-state index contributed by atoms with van der Waals surface area (Å²) in [6.07, 6.45) is 1.88. The van der Waals surface area contributed by atoms with Crippen LogP contribution in [0, 0.1) is 3.57 Å². The lowest BCUT2D eigenvalue weighted by atomic mass is 10.3. The molecule has 0 atom stereocenters. The first kappa shape index (κ1) is 12.5. The average Bonchev–Trinajstić information content (AvgIpc) is 2.16. The number of amidine groups is 1. The van der Waals surface area contributed by atoms with E-state index in [1.807, 2.05) is 30.5 Å². The molecule has 1 amide bonds. The van der Waals surface area contributed by atoms with Crippen molar-refractivity contribution in [3.63, 3.8) is 0 Å². The summed E-state index contributed by atoms with van der Waals surface area (Å²) in [5, 5.41) is 3.28. The number of carbonyl (C=O) groups is 1. The van der Waals surface area contributed by atoms with Crippen LogP contribution in [0.1, 0.15) is 6.92 Å². The molecule has 0 aliphatic carbocycles. The first-order valence-electron chi connectivity index (χ1n) is 4.27. The summed E-state index contributed by atoms with van der Waals surface area (Å²) < 4.78 is 1.12. The zero-order valence-corrected chi connectivity index (χ0v) is 11.4. The maximum absolute atomic E-state index is 10.9. The summed E-state index contributed by atoms with van der Waals surface area (Å²) in [4.78, 5) is 15.2. The van der Waals surface area contributed by atoms with Crippen LogP contribution in [0.2, 0.25) is 0 Å². The van der Waals surface area contributed by atoms with Gasteiger partial charge in [-0.05, 0) is 47.0 Å². The van der Waals surface area contributed by atoms with E-state index in [2.05, 4.69) is 32.9 Å². The van der Waals surface area contributed by atoms with Gasteiger partial charge in [0.05, 0.1) is 5.69 Å². The summed E-state index contributed by atoms with van der Waals surface area (Å²) in [7, 11) is 0. The summed E-state index contributed by atoms with van der Waals surface area (Å²) in [6.45, 7) is 1.47. The number of carbonyl (C=O) groups excluding carboxylic acids is 1. The van der Waals surface area contributed by atoms with Crippen molar-refractivity contribution in [3.8, 4) is 0 Å². The molecule has 1 aromatic rings. The molecule has 15 heavy (non-hydrogen) atoms. The summed E-state index contributed by atoms with van der Waals surface area (Å²) in [5.74, 6) is -0.103. The Hall–Kier alpha value is -0.560. The molecular formula is C10H11IN2OS. The second-order valence-corrected chi connectivity index (χ2v) is 4.82. The van der Waals surface area contributed by atoms with Crippen LogP contribution in [-0.4, -0.2) is 17.3 Å². The molecule has 0 aromatic heterocycles. The lowest BCUT2D eigenvalue weighted by molar-refractivity contribution is -0.117. The number of nitrogens with zero attached hydrogens (tertiary/aromatic N) is 1. The van der Waals surface area contributed by atoms with Gasteiger partial charge in [-0.3, -0.25) is 4.79 Å². The summed E-state index contributed by atoms with van der Waals surface area (Å²) >= 11 is 3.64. The molecule has 0 radical (unpaired) electrons. The third-order valence-corrected chi connectivity index (χ3v) is 2.77. The molecule has 80 valence electrons. The van der Waals surface area contributed by atoms with E-state index in [9.17, 15) is 4.79 Å². The van der Waals surface area contributed by atoms with Crippen LogP contribution in [-0.2, 0) is 4.79 Å². The molecule has 0 heterocycles. The zero-order chi connectivity index (χ0) is 11.3. The number of amides is 1. The zero-order valence-electron chi connectivity index (χ0n) is 8.45. The van der Waals surface area contributed by atoms with Crippen molar-refractivity contribution < 1.29 is 4.79 Å². The Kier molecular flexibility index (Phi) is 5.10. The number of thioether (sulfide) groups is 1. The summed E-state index contributed by atoms with van der Waals surface area (Å²) in [5.41, 5.74) is 0.847. The van der Waals surface area contributed by atoms with E-state index in [1.54, 1.807) is 0 Å². The Bertz CT molecular complexity index is 393. The SMILES string of the molecule is CSC(=Nc1cccc(I)c1)NC(C)=O. The van der Waals surface area contributed by atoms with Gasteiger partial charge in [-0.1, -0.05) is 17.8 Å². The first-order valence-corrected chi connectivity index (χ1v) is 6.58. The van der Waals surface area contributed by atoms with Crippen LogP contribution in [0.15, 0.2) is 29.3 Å². The average molecular weight is 334 g/mol. The highest BCUT2D eigenvalue weighted by Crippen LogP contribution is 2.16. The molecule has 1 rings (SSSR count). The molecule has 1 N–H and O–H groups in total. The van der Waals surface area contributed by atoms with Crippen molar-refractivity contribution in [2.75, 3.05) is 6.26 Å². The molecule has 0 spiro atoms. The van der Waals surface area contributed by atoms with Crippen LogP contribution >= 0.6 is 34.4 Å². The topological polar surface area (TPSA) is 41.5 Å². The van der Waals surface area contributed by atoms with Gasteiger partial charge in [0.25, 0.3) is 0 Å². The Morgan fingerprint density at radius 1 is 1.53 bits per heavy atom. The number of aliphatic imine (C=N–C) groups is 1. The van der Waals surface area contributed by atoms with E-state index in [1.165, 1.54) is 18.7 Å². The van der Waals surface area contributed by atoms with Gasteiger partial charge in [-0.2, -0.15) is 0 Å². The van der Waals surface area contributed by atoms with Gasteiger partial charge in [0.15, 0.2) is 5.17 Å². The quantitative estimate of drug-likeness (QED) is 0.487. The monoisotopic (exact) mass is 334 g/mol. The number of halogens is 1. The van der Waals surface area contributed by atoms with E-state index in [0.717, 1.165) is 9.26 Å². The number of hydrogen-bond acceptors (Lipinski definition) is 3. The third kappa shape index (κ3) is 4.65. The van der Waals surface area contributed by atoms with Crippen LogP contribution in [0.25, 0.3) is 0 Å². The number of benzene rings is 1. The minimum Gasteiger partial charge on any atom is -0.305 e. The van der Waals surface area contributed by atoms with Gasteiger partial charge in [0.2, 0.25) is 5.91 Å². The van der Waals surface area contributed by atoms with Gasteiger partial charge >= 0.3 is 0 Å². The maximum Gasteiger partial charge on any atom is 0.222 e. The fourth-order valence-corrected chi connectivity index (χ4v) is 1.91. The number of nitrogens with one attached hydrogen (secondary N) is 1. The highest BCUT2D eigenvalue weighted by molar-refractivity contribution is 14.1. The van der Waals surface area contributed by atoms with E-state index in [4.69, 9.17) is 0 Å². The Balaban J connectivity index is 2.87. The smallest absolute Gasteiger partial charge is 0.222 e. The standard InChI is InChI=1S/C10H11IN2OS/c1-7(14)12-10(15-2)13-9-5-3-4-8(11)6-9/h3-6H,1-2H3,(H,12,13,14). The lowest BCUT2D eigenvalue weighted by Gasteiger charge is -2.03. The van der Waals surface area contributed by atoms with Gasteiger partial charge in [-0.15, -0.1) is 0 Å². The number of hydrogen-bond donors (Lipinski definition) is 1. The minimum atomic E-state index is -0.103. The number of rotatable bonds is 1. The Morgan fingerprint density at radius 2 is 2.27 bits per heavy atom. The van der Waals surface area contributed by atoms with E-state index in [-0.39, 0.29) is 5.91 Å². The van der Waals surface area contributed by atoms with Crippen molar-refractivity contribution in [3.05, 3.63) is 27.8 Å². The van der Waals surface area contributed by atoms with E-state index in [0.29, 0.717) is 5.17 Å². The normalized spacial score (nSPS) is 11.3. The van der Waals surface area contributed by atoms with Gasteiger partial charge in [0, 0.05) is 10.5 Å². The minimum absolute atomic E-state index is 0.103. The molecule has 3 nitrogen and oxygen atoms in total. The summed E-state index contributed by atoms with van der Waals surface area (Å²) in [6, 6.07) is 7.79. The lowest BCUT2D eigenvalue weighted by Crippen LogP contribution is -2.24. The van der Waals surface area contributed by atoms with Crippen molar-refractivity contribution >= 4 is 51.1 Å². The maximum atomic E-state index is 10.9. The fourth-order valence-electron chi connectivity index (χ4n) is 0.938. The molecule has 5 heteroatoms. The molecule has 0 unspecified atom stereocenters. The van der Waals surface area contributed by atoms with Crippen molar-refractivity contribution in [2.45, 2.75) is 6.92 Å². The second kappa shape index (κ2) is 6.12. The van der Waals surface area contributed by atoms with Gasteiger partial charge < -0.3 is 5.32 Å². The predicted octanol–water partition coefficient (Wildman–Crippen LogP) is 2.78. The largest absolute Gasteiger partial charge is 0.305 e. The molecule has 0 fully saturated rings. The molecule has 1 aromatic carbocycles. The van der Waals surface area contributed by atoms with Crippen LogP contribution < -0.4 is 5.32 Å². The van der Waals surface area contributed by atoms with Crippen molar-refractivity contribution in [1.82, 2.24) is 5.32 Å². The van der Waals surface area contributed by atoms with Crippen LogP contribution in [0.4, 0.5) is 5.69 Å². The van der Waals surface area contributed by atoms with Gasteiger partial charge in [0.1, 0.15) is 0 Å². The molecule has 0 aliphatic heterocycles. The van der Waals surface area contributed by atoms with Crippen molar-refractivity contribution in [1.29, 1.82) is 0 Å². The van der Waals surface area contributed by atoms with Crippen LogP contribution in [0.3, 0.4) is 0 Å². The predicted molar refractivity (Wildman–Crippen MR) is 73.6 cm³/mol. The van der Waals surface area contributed by atoms with E-state index < -0.39 is 0 Å². The van der Waals surface area contributed by atoms with Crippen LogP contribution in [0.5, 0.6) is 0 Å². The molecule has 0 saturated carbocycles. The first-order chi connectivity index (χ1) is 7.11. The molecular weight excluding hydrogens is 323 g/mol. The molecule has 0 saturated heterocycles. The Morgan fingerprint density at radius 3 is 2.80 bits per heavy atom.